The van der Waals surface area contributed by atoms with E-state index < -0.39 is 17.9 Å². The lowest BCUT2D eigenvalue weighted by Crippen LogP contribution is -2.52. The molecule has 0 radical (unpaired) electrons. The number of nitrogens with zero attached hydrogens (tertiary/aromatic N) is 3. The molecule has 0 spiro atoms. The summed E-state index contributed by atoms with van der Waals surface area (Å²) in [6.07, 6.45) is 2.47. The van der Waals surface area contributed by atoms with Gasteiger partial charge in [0, 0.05) is 37.8 Å². The molecule has 1 fully saturated rings. The first-order chi connectivity index (χ1) is 18.2. The van der Waals surface area contributed by atoms with E-state index in [0.29, 0.717) is 40.9 Å². The van der Waals surface area contributed by atoms with Crippen LogP contribution in [0.25, 0.3) is 0 Å². The monoisotopic (exact) mass is 529 g/mol. The predicted molar refractivity (Wildman–Crippen MR) is 136 cm³/mol. The number of aromatic nitrogens is 2. The molecule has 2 aromatic heterocycles. The van der Waals surface area contributed by atoms with E-state index >= 15 is 8.78 Å². The Morgan fingerprint density at radius 2 is 1.89 bits per heavy atom. The summed E-state index contributed by atoms with van der Waals surface area (Å²) in [4.78, 5) is 23.1. The van der Waals surface area contributed by atoms with Crippen LogP contribution in [-0.4, -0.2) is 60.0 Å². The van der Waals surface area contributed by atoms with Gasteiger partial charge in [-0.05, 0) is 62.0 Å². The van der Waals surface area contributed by atoms with Crippen LogP contribution in [0.2, 0.25) is 0 Å². The lowest BCUT2D eigenvalue weighted by Gasteiger charge is -2.40. The van der Waals surface area contributed by atoms with Crippen molar-refractivity contribution in [3.8, 4) is 17.4 Å². The Balaban J connectivity index is 1.41. The van der Waals surface area contributed by atoms with E-state index in [-0.39, 0.29) is 31.2 Å². The third kappa shape index (κ3) is 6.40. The number of pyridine rings is 2. The molecule has 11 heteroatoms. The van der Waals surface area contributed by atoms with Crippen molar-refractivity contribution in [3.05, 3.63) is 71.8 Å². The van der Waals surface area contributed by atoms with Gasteiger partial charge in [0.05, 0.1) is 25.3 Å². The van der Waals surface area contributed by atoms with Gasteiger partial charge in [0.15, 0.2) is 0 Å². The summed E-state index contributed by atoms with van der Waals surface area (Å²) in [6.45, 7) is 2.17. The minimum Gasteiger partial charge on any atom is -0.481 e. The number of benzene rings is 1. The van der Waals surface area contributed by atoms with Crippen molar-refractivity contribution >= 4 is 11.7 Å². The van der Waals surface area contributed by atoms with E-state index in [9.17, 15) is 9.18 Å². The molecule has 1 aliphatic rings. The van der Waals surface area contributed by atoms with Gasteiger partial charge in [-0.15, -0.1) is 0 Å². The second-order valence-corrected chi connectivity index (χ2v) is 9.13. The van der Waals surface area contributed by atoms with E-state index in [2.05, 4.69) is 20.6 Å². The molecule has 0 aliphatic carbocycles. The van der Waals surface area contributed by atoms with Crippen molar-refractivity contribution in [2.45, 2.75) is 37.8 Å². The van der Waals surface area contributed by atoms with Gasteiger partial charge >= 0.3 is 0 Å². The highest BCUT2D eigenvalue weighted by Crippen LogP contribution is 2.41. The number of carbonyl (C=O) groups excluding carboxylic acids is 1. The summed E-state index contributed by atoms with van der Waals surface area (Å²) >= 11 is 0. The highest BCUT2D eigenvalue weighted by Gasteiger charge is 2.46. The van der Waals surface area contributed by atoms with Crippen molar-refractivity contribution in [3.63, 3.8) is 0 Å². The average molecular weight is 530 g/mol. The number of amides is 1. The fraction of sp³-hybridized carbons (Fsp3) is 0.370. The first kappa shape index (κ1) is 27.3. The Kier molecular flexibility index (Phi) is 8.48. The summed E-state index contributed by atoms with van der Waals surface area (Å²) in [5, 5.41) is 5.73. The number of methoxy groups -OCH3 is 1. The molecule has 3 aromatic rings. The van der Waals surface area contributed by atoms with Gasteiger partial charge in [-0.25, -0.2) is 23.1 Å². The van der Waals surface area contributed by atoms with Gasteiger partial charge in [-0.2, -0.15) is 0 Å². The number of alkyl halides is 2. The number of carbonyl (C=O) groups is 1. The van der Waals surface area contributed by atoms with E-state index in [4.69, 9.17) is 9.47 Å². The zero-order valence-corrected chi connectivity index (χ0v) is 21.4. The maximum absolute atomic E-state index is 15.0. The second kappa shape index (κ2) is 11.8. The summed E-state index contributed by atoms with van der Waals surface area (Å²) in [5.41, 5.74) is 1.08. The van der Waals surface area contributed by atoms with E-state index in [1.54, 1.807) is 37.1 Å². The largest absolute Gasteiger partial charge is 0.481 e. The van der Waals surface area contributed by atoms with E-state index in [1.807, 2.05) is 0 Å². The summed E-state index contributed by atoms with van der Waals surface area (Å²) in [5.74, 6) is -3.27. The summed E-state index contributed by atoms with van der Waals surface area (Å²) in [6, 6.07) is 9.76. The molecule has 0 saturated carbocycles. The van der Waals surface area contributed by atoms with Gasteiger partial charge in [0.1, 0.15) is 23.1 Å². The lowest BCUT2D eigenvalue weighted by atomic mass is 9.86. The maximum Gasteiger partial charge on any atom is 0.257 e. The van der Waals surface area contributed by atoms with Crippen molar-refractivity contribution in [2.24, 2.45) is 0 Å². The molecule has 0 bridgehead atoms. The molecule has 1 saturated heterocycles. The Labute approximate surface area is 219 Å². The molecule has 8 nitrogen and oxygen atoms in total. The second-order valence-electron chi connectivity index (χ2n) is 9.13. The topological polar surface area (TPSA) is 88.6 Å². The standard InChI is InChI=1S/C27H30F3N5O3/c1-17(25(36)34-24-9-8-22(15-32-24)38-21-6-4-20(28)5-7-21)35-11-10-27(29,30)23(16-35)18-12-19(13-31-2)26(37-3)33-14-18/h4-9,12,14-15,17,23,31H,10-11,13,16H2,1-3H3,(H,32,34,36). The molecule has 3 heterocycles. The molecule has 4 rings (SSSR count). The van der Waals surface area contributed by atoms with Crippen LogP contribution in [-0.2, 0) is 11.3 Å². The van der Waals surface area contributed by atoms with Crippen LogP contribution in [0.5, 0.6) is 17.4 Å². The minimum atomic E-state index is -2.94. The smallest absolute Gasteiger partial charge is 0.257 e. The van der Waals surface area contributed by atoms with Gasteiger partial charge in [-0.3, -0.25) is 9.69 Å². The number of rotatable bonds is 9. The van der Waals surface area contributed by atoms with Crippen LogP contribution in [0.3, 0.4) is 0 Å². The SMILES string of the molecule is CNCc1cc(C2CN(C(C)C(=O)Nc3ccc(Oc4ccc(F)cc4)cn3)CCC2(F)F)cnc1OC. The zero-order valence-electron chi connectivity index (χ0n) is 21.4. The van der Waals surface area contributed by atoms with Crippen molar-refractivity contribution in [2.75, 3.05) is 32.6 Å². The van der Waals surface area contributed by atoms with Crippen LogP contribution in [0.4, 0.5) is 19.0 Å². The molecular weight excluding hydrogens is 499 g/mol. The maximum atomic E-state index is 15.0. The van der Waals surface area contributed by atoms with Crippen LogP contribution >= 0.6 is 0 Å². The summed E-state index contributed by atoms with van der Waals surface area (Å²) < 4.78 is 53.9. The summed E-state index contributed by atoms with van der Waals surface area (Å²) in [7, 11) is 3.24. The number of piperidine rings is 1. The van der Waals surface area contributed by atoms with Crippen LogP contribution < -0.4 is 20.1 Å². The van der Waals surface area contributed by atoms with Crippen LogP contribution in [0.15, 0.2) is 54.9 Å². The van der Waals surface area contributed by atoms with Crippen molar-refractivity contribution < 1.29 is 27.4 Å². The predicted octanol–water partition coefficient (Wildman–Crippen LogP) is 4.59. The van der Waals surface area contributed by atoms with Crippen LogP contribution in [0.1, 0.15) is 30.4 Å². The normalized spacial score (nSPS) is 18.0. The zero-order chi connectivity index (χ0) is 27.3. The molecule has 2 N–H and O–H groups in total. The van der Waals surface area contributed by atoms with Gasteiger partial charge in [-0.1, -0.05) is 0 Å². The Bertz CT molecular complexity index is 1240. The number of hydrogen-bond donors (Lipinski definition) is 2. The third-order valence-electron chi connectivity index (χ3n) is 6.53. The molecular formula is C27H30F3N5O3. The Hall–Kier alpha value is -3.70. The van der Waals surface area contributed by atoms with Gasteiger partial charge in [0.2, 0.25) is 11.8 Å². The first-order valence-corrected chi connectivity index (χ1v) is 12.2. The fourth-order valence-electron chi connectivity index (χ4n) is 4.38. The molecule has 1 aliphatic heterocycles. The minimum absolute atomic E-state index is 0.00747. The number of hydrogen-bond acceptors (Lipinski definition) is 7. The number of likely N-dealkylation sites (tertiary alicyclic amines) is 1. The molecule has 2 unspecified atom stereocenters. The highest BCUT2D eigenvalue weighted by molar-refractivity contribution is 5.93. The van der Waals surface area contributed by atoms with Crippen molar-refractivity contribution in [1.82, 2.24) is 20.2 Å². The molecule has 1 aromatic carbocycles. The molecule has 202 valence electrons. The van der Waals surface area contributed by atoms with Gasteiger partial charge in [0.25, 0.3) is 5.92 Å². The Morgan fingerprint density at radius 3 is 2.55 bits per heavy atom. The Morgan fingerprint density at radius 1 is 1.16 bits per heavy atom. The number of halogens is 3. The highest BCUT2D eigenvalue weighted by atomic mass is 19.3. The molecule has 1 amide bonds. The van der Waals surface area contributed by atoms with Crippen molar-refractivity contribution in [1.29, 1.82) is 0 Å². The van der Waals surface area contributed by atoms with Crippen LogP contribution in [0, 0.1) is 5.82 Å². The number of anilines is 1. The van der Waals surface area contributed by atoms with E-state index in [1.165, 1.54) is 43.8 Å². The quantitative estimate of drug-likeness (QED) is 0.419. The van der Waals surface area contributed by atoms with E-state index in [0.717, 1.165) is 0 Å². The molecule has 38 heavy (non-hydrogen) atoms. The fourth-order valence-corrected chi connectivity index (χ4v) is 4.38. The molecule has 2 atom stereocenters. The van der Waals surface area contributed by atoms with Gasteiger partial charge < -0.3 is 20.1 Å². The third-order valence-corrected chi connectivity index (χ3v) is 6.53. The lowest BCUT2D eigenvalue weighted by molar-refractivity contribution is -0.125. The number of ether oxygens (including phenoxy) is 2. The number of nitrogens with one attached hydrogen (secondary N) is 2. The first-order valence-electron chi connectivity index (χ1n) is 12.2. The average Bonchev–Trinajstić information content (AvgIpc) is 2.91.